The minimum Gasteiger partial charge on any atom is -0.211 e. The van der Waals surface area contributed by atoms with E-state index in [0.717, 1.165) is 11.8 Å². The van der Waals surface area contributed by atoms with E-state index in [4.69, 9.17) is 0 Å². The van der Waals surface area contributed by atoms with Crippen molar-refractivity contribution in [3.8, 4) is 0 Å². The van der Waals surface area contributed by atoms with Crippen LogP contribution in [0.5, 0.6) is 0 Å². The lowest BCUT2D eigenvalue weighted by atomic mass is 9.73. The number of nitrogens with zero attached hydrogens (tertiary/aromatic N) is 2. The highest BCUT2D eigenvalue weighted by atomic mass is 16.1. The molecule has 19 heavy (non-hydrogen) atoms. The molecule has 0 bridgehead atoms. The van der Waals surface area contributed by atoms with Gasteiger partial charge in [0.15, 0.2) is 6.67 Å². The summed E-state index contributed by atoms with van der Waals surface area (Å²) in [6, 6.07) is 0. The molecule has 0 saturated heterocycles. The molecule has 0 N–H and O–H groups in total. The van der Waals surface area contributed by atoms with Crippen LogP contribution in [0.15, 0.2) is 9.98 Å². The Balaban J connectivity index is 0.000000224. The zero-order chi connectivity index (χ0) is 13.8. The van der Waals surface area contributed by atoms with Gasteiger partial charge in [-0.2, -0.15) is 9.98 Å². The highest BCUT2D eigenvalue weighted by Gasteiger charge is 2.24. The van der Waals surface area contributed by atoms with Gasteiger partial charge in [-0.3, -0.25) is 0 Å². The molecule has 2 aliphatic rings. The summed E-state index contributed by atoms with van der Waals surface area (Å²) in [7, 11) is 0. The van der Waals surface area contributed by atoms with Gasteiger partial charge < -0.3 is 0 Å². The topological polar surface area (TPSA) is 58.9 Å². The van der Waals surface area contributed by atoms with E-state index in [9.17, 15) is 9.59 Å². The number of carbonyl (C=O) groups excluding carboxylic acids is 2. The average molecular weight is 264 g/mol. The third-order valence-corrected chi connectivity index (χ3v) is 4.24. The molecule has 2 rings (SSSR count). The fraction of sp³-hybridized carbons (Fsp3) is 0.867. The largest absolute Gasteiger partial charge is 0.236 e. The second-order valence-electron chi connectivity index (χ2n) is 5.44. The first kappa shape index (κ1) is 15.8. The Kier molecular flexibility index (Phi) is 8.87. The van der Waals surface area contributed by atoms with Crippen molar-refractivity contribution >= 4 is 12.2 Å². The molecule has 2 saturated carbocycles. The van der Waals surface area contributed by atoms with Gasteiger partial charge in [0.05, 0.1) is 0 Å². The molecule has 0 spiro atoms. The van der Waals surface area contributed by atoms with Crippen LogP contribution in [-0.2, 0) is 9.59 Å². The van der Waals surface area contributed by atoms with Crippen molar-refractivity contribution in [3.63, 3.8) is 0 Å². The number of isocyanates is 2. The summed E-state index contributed by atoms with van der Waals surface area (Å²) in [5, 5.41) is 0. The first-order chi connectivity index (χ1) is 9.38. The lowest BCUT2D eigenvalue weighted by molar-refractivity contribution is 0.196. The van der Waals surface area contributed by atoms with Crippen LogP contribution in [0.3, 0.4) is 0 Å². The fourth-order valence-corrected chi connectivity index (χ4v) is 3.30. The summed E-state index contributed by atoms with van der Waals surface area (Å²) in [6.07, 6.45) is 17.8. The second-order valence-corrected chi connectivity index (χ2v) is 5.44. The maximum absolute atomic E-state index is 9.20. The first-order valence-corrected chi connectivity index (χ1v) is 7.45. The maximum atomic E-state index is 9.20. The minimum absolute atomic E-state index is 0.160. The summed E-state index contributed by atoms with van der Waals surface area (Å²) >= 11 is 0. The van der Waals surface area contributed by atoms with E-state index in [0.29, 0.717) is 0 Å². The Hall–Kier alpha value is -1.24. The third-order valence-electron chi connectivity index (χ3n) is 4.24. The molecule has 106 valence electrons. The van der Waals surface area contributed by atoms with Gasteiger partial charge in [-0.25, -0.2) is 9.59 Å². The molecule has 0 unspecified atom stereocenters. The van der Waals surface area contributed by atoms with Crippen molar-refractivity contribution in [2.75, 3.05) is 6.67 Å². The van der Waals surface area contributed by atoms with Crippen molar-refractivity contribution in [1.82, 2.24) is 0 Å². The van der Waals surface area contributed by atoms with Gasteiger partial charge in [0.25, 0.3) is 0 Å². The maximum Gasteiger partial charge on any atom is 0.236 e. The predicted octanol–water partition coefficient (Wildman–Crippen LogP) is 3.76. The van der Waals surface area contributed by atoms with Gasteiger partial charge in [0.1, 0.15) is 0 Å². The molecule has 0 aromatic heterocycles. The van der Waals surface area contributed by atoms with Crippen molar-refractivity contribution in [2.45, 2.75) is 64.2 Å². The summed E-state index contributed by atoms with van der Waals surface area (Å²) in [5.74, 6) is 2.28. The summed E-state index contributed by atoms with van der Waals surface area (Å²) in [4.78, 5) is 24.2. The highest BCUT2D eigenvalue weighted by Crippen LogP contribution is 2.37. The van der Waals surface area contributed by atoms with Gasteiger partial charge in [-0.15, -0.1) is 0 Å². The molecule has 2 fully saturated rings. The molecule has 0 aromatic rings. The molecule has 0 atom stereocenters. The molecular formula is C15H24N2O2. The molecule has 4 nitrogen and oxygen atoms in total. The Bertz CT molecular complexity index is 287. The standard InChI is InChI=1S/C12H22.C3H2N2O2/c1-3-7-11(8-4-1)12-9-5-2-6-10-12;6-2-4-1-5-3-7/h11-12H,1-10H2;1H2. The second kappa shape index (κ2) is 10.7. The van der Waals surface area contributed by atoms with Crippen molar-refractivity contribution in [3.05, 3.63) is 0 Å². The zero-order valence-electron chi connectivity index (χ0n) is 11.6. The van der Waals surface area contributed by atoms with Crippen LogP contribution in [0.4, 0.5) is 0 Å². The zero-order valence-corrected chi connectivity index (χ0v) is 11.6. The van der Waals surface area contributed by atoms with E-state index >= 15 is 0 Å². The van der Waals surface area contributed by atoms with Gasteiger partial charge >= 0.3 is 0 Å². The van der Waals surface area contributed by atoms with Crippen LogP contribution in [0, 0.1) is 11.8 Å². The first-order valence-electron chi connectivity index (χ1n) is 7.45. The lowest BCUT2D eigenvalue weighted by Crippen LogP contribution is -2.20. The molecule has 4 heteroatoms. The van der Waals surface area contributed by atoms with Crippen LogP contribution < -0.4 is 0 Å². The number of hydrogen-bond acceptors (Lipinski definition) is 4. The van der Waals surface area contributed by atoms with E-state index in [-0.39, 0.29) is 6.67 Å². The van der Waals surface area contributed by atoms with E-state index in [1.165, 1.54) is 50.7 Å². The lowest BCUT2D eigenvalue weighted by Gasteiger charge is -2.32. The van der Waals surface area contributed by atoms with Crippen molar-refractivity contribution in [1.29, 1.82) is 0 Å². The van der Waals surface area contributed by atoms with Crippen LogP contribution in [0.1, 0.15) is 64.2 Å². The molecular weight excluding hydrogens is 240 g/mol. The number of aliphatic imine (C=N–C) groups is 2. The smallest absolute Gasteiger partial charge is 0.211 e. The summed E-state index contributed by atoms with van der Waals surface area (Å²) in [6.45, 7) is -0.160. The van der Waals surface area contributed by atoms with Gasteiger partial charge in [-0.05, 0) is 11.8 Å². The van der Waals surface area contributed by atoms with Crippen LogP contribution in [-0.4, -0.2) is 18.8 Å². The number of hydrogen-bond donors (Lipinski definition) is 0. The highest BCUT2D eigenvalue weighted by molar-refractivity contribution is 5.35. The van der Waals surface area contributed by atoms with E-state index in [1.54, 1.807) is 25.7 Å². The van der Waals surface area contributed by atoms with E-state index in [2.05, 4.69) is 9.98 Å². The van der Waals surface area contributed by atoms with Crippen molar-refractivity contribution in [2.24, 2.45) is 21.8 Å². The Morgan fingerprint density at radius 3 is 1.37 bits per heavy atom. The summed E-state index contributed by atoms with van der Waals surface area (Å²) < 4.78 is 0. The van der Waals surface area contributed by atoms with E-state index < -0.39 is 0 Å². The Labute approximate surface area is 115 Å². The van der Waals surface area contributed by atoms with Gasteiger partial charge in [-0.1, -0.05) is 64.2 Å². The predicted molar refractivity (Wildman–Crippen MR) is 74.3 cm³/mol. The number of rotatable bonds is 3. The third kappa shape index (κ3) is 7.05. The van der Waals surface area contributed by atoms with Crippen LogP contribution in [0.2, 0.25) is 0 Å². The Morgan fingerprint density at radius 1 is 0.684 bits per heavy atom. The van der Waals surface area contributed by atoms with Crippen LogP contribution >= 0.6 is 0 Å². The van der Waals surface area contributed by atoms with E-state index in [1.807, 2.05) is 0 Å². The van der Waals surface area contributed by atoms with Crippen LogP contribution in [0.25, 0.3) is 0 Å². The monoisotopic (exact) mass is 264 g/mol. The molecule has 0 heterocycles. The summed E-state index contributed by atoms with van der Waals surface area (Å²) in [5.41, 5.74) is 0. The molecule has 0 aromatic carbocycles. The van der Waals surface area contributed by atoms with Gasteiger partial charge in [0, 0.05) is 0 Å². The average Bonchev–Trinajstić information content (AvgIpc) is 2.50. The van der Waals surface area contributed by atoms with Crippen molar-refractivity contribution < 1.29 is 9.59 Å². The fourth-order valence-electron chi connectivity index (χ4n) is 3.30. The molecule has 0 aliphatic heterocycles. The quantitative estimate of drug-likeness (QED) is 0.575. The molecule has 2 aliphatic carbocycles. The SMILES string of the molecule is C1CCC(C2CCCCC2)CC1.O=C=NCN=C=O. The normalized spacial score (nSPS) is 20.4. The minimum atomic E-state index is -0.160. The van der Waals surface area contributed by atoms with Gasteiger partial charge in [0.2, 0.25) is 12.2 Å². The molecule has 0 radical (unpaired) electrons. The molecule has 0 amide bonds. The Morgan fingerprint density at radius 2 is 1.05 bits per heavy atom.